The van der Waals surface area contributed by atoms with E-state index >= 15 is 0 Å². The van der Waals surface area contributed by atoms with Gasteiger partial charge >= 0.3 is 0 Å². The molecule has 0 amide bonds. The highest BCUT2D eigenvalue weighted by Gasteiger charge is 2.12. The number of furan rings is 1. The lowest BCUT2D eigenvalue weighted by atomic mass is 10.0. The van der Waals surface area contributed by atoms with E-state index in [0.717, 1.165) is 11.4 Å². The first-order valence-electron chi connectivity index (χ1n) is 7.71. The van der Waals surface area contributed by atoms with Gasteiger partial charge in [0.1, 0.15) is 26.5 Å². The lowest BCUT2D eigenvalue weighted by molar-refractivity contribution is -0.885. The van der Waals surface area contributed by atoms with Crippen LogP contribution in [-0.2, 0) is 6.54 Å². The number of nitrogens with one attached hydrogen (secondary N) is 1. The molecule has 0 aliphatic heterocycles. The Morgan fingerprint density at radius 2 is 2.28 bits per heavy atom. The summed E-state index contributed by atoms with van der Waals surface area (Å²) in [4.78, 5) is 9.72. The minimum atomic E-state index is 0.508. The normalized spacial score (nSPS) is 10.9. The molecule has 0 aliphatic rings. The standard InChI is InChI=1S/C17H15BN5O2/c1-24-22-6-2-4-12(11-22)9-19-16-8-14(15-5-3-7-25-15)21-17-13(18)10-20-23(16)17/h2-8,10-11,19H,9H2,1H3/q+1. The first-order chi connectivity index (χ1) is 12.2. The van der Waals surface area contributed by atoms with Crippen molar-refractivity contribution in [3.05, 3.63) is 60.7 Å². The van der Waals surface area contributed by atoms with Crippen molar-refractivity contribution < 1.29 is 14.0 Å². The Morgan fingerprint density at radius 3 is 3.08 bits per heavy atom. The molecule has 122 valence electrons. The van der Waals surface area contributed by atoms with Crippen molar-refractivity contribution in [1.29, 1.82) is 0 Å². The predicted molar refractivity (Wildman–Crippen MR) is 92.5 cm³/mol. The summed E-state index contributed by atoms with van der Waals surface area (Å²) in [5, 5.41) is 7.66. The Bertz CT molecular complexity index is 1010. The van der Waals surface area contributed by atoms with Crippen molar-refractivity contribution in [2.24, 2.45) is 0 Å². The fourth-order valence-corrected chi connectivity index (χ4v) is 2.57. The number of aromatic nitrogens is 4. The Labute approximate surface area is 145 Å². The van der Waals surface area contributed by atoms with Gasteiger partial charge in [-0.25, -0.2) is 4.98 Å². The summed E-state index contributed by atoms with van der Waals surface area (Å²) in [5.74, 6) is 1.43. The van der Waals surface area contributed by atoms with Gasteiger partial charge in [0.2, 0.25) is 12.4 Å². The van der Waals surface area contributed by atoms with Crippen LogP contribution in [0.25, 0.3) is 17.1 Å². The van der Waals surface area contributed by atoms with Crippen LogP contribution >= 0.6 is 0 Å². The number of hydrogen-bond acceptors (Lipinski definition) is 5. The van der Waals surface area contributed by atoms with Crippen LogP contribution in [0.1, 0.15) is 5.56 Å². The number of hydrogen-bond donors (Lipinski definition) is 1. The van der Waals surface area contributed by atoms with Crippen LogP contribution in [0, 0.1) is 0 Å². The van der Waals surface area contributed by atoms with Gasteiger partial charge in [-0.2, -0.15) is 9.61 Å². The van der Waals surface area contributed by atoms with E-state index in [1.807, 2.05) is 42.7 Å². The summed E-state index contributed by atoms with van der Waals surface area (Å²) < 4.78 is 8.77. The van der Waals surface area contributed by atoms with Crippen molar-refractivity contribution >= 4 is 24.8 Å². The van der Waals surface area contributed by atoms with Crippen molar-refractivity contribution in [2.45, 2.75) is 6.54 Å². The number of nitrogens with zero attached hydrogens (tertiary/aromatic N) is 4. The van der Waals surface area contributed by atoms with E-state index in [2.05, 4.69) is 15.4 Å². The molecule has 4 aromatic heterocycles. The second-order valence-electron chi connectivity index (χ2n) is 5.45. The SMILES string of the molecule is [B]c1cnn2c(NCc3ccc[n+](OC)c3)cc(-c3ccco3)nc12. The van der Waals surface area contributed by atoms with E-state index in [4.69, 9.17) is 17.1 Å². The smallest absolute Gasteiger partial charge is 0.227 e. The molecule has 4 heterocycles. The third-order valence-electron chi connectivity index (χ3n) is 3.79. The van der Waals surface area contributed by atoms with Gasteiger partial charge in [0.25, 0.3) is 0 Å². The molecule has 4 rings (SSSR count). The zero-order chi connectivity index (χ0) is 17.2. The zero-order valence-corrected chi connectivity index (χ0v) is 13.6. The monoisotopic (exact) mass is 332 g/mol. The Morgan fingerprint density at radius 1 is 1.36 bits per heavy atom. The molecule has 0 unspecified atom stereocenters. The van der Waals surface area contributed by atoms with Crippen molar-refractivity contribution in [3.63, 3.8) is 0 Å². The van der Waals surface area contributed by atoms with Gasteiger partial charge in [-0.1, -0.05) is 0 Å². The van der Waals surface area contributed by atoms with Gasteiger partial charge in [-0.15, -0.1) is 0 Å². The lowest BCUT2D eigenvalue weighted by Crippen LogP contribution is -2.40. The minimum absolute atomic E-state index is 0.508. The Hall–Kier alpha value is -3.29. The van der Waals surface area contributed by atoms with E-state index in [0.29, 0.717) is 29.1 Å². The van der Waals surface area contributed by atoms with Gasteiger partial charge in [0, 0.05) is 35.2 Å². The molecule has 0 atom stereocenters. The van der Waals surface area contributed by atoms with Gasteiger partial charge in [-0.3, -0.25) is 4.84 Å². The highest BCUT2D eigenvalue weighted by Crippen LogP contribution is 2.22. The topological polar surface area (TPSA) is 68.5 Å². The van der Waals surface area contributed by atoms with Crippen molar-refractivity contribution in [1.82, 2.24) is 14.6 Å². The molecular weight excluding hydrogens is 317 g/mol. The van der Waals surface area contributed by atoms with E-state index in [9.17, 15) is 0 Å². The summed E-state index contributed by atoms with van der Waals surface area (Å²) in [6.45, 7) is 0.584. The average molecular weight is 332 g/mol. The fourth-order valence-electron chi connectivity index (χ4n) is 2.57. The van der Waals surface area contributed by atoms with Gasteiger partial charge in [0.05, 0.1) is 6.26 Å². The maximum Gasteiger partial charge on any atom is 0.227 e. The van der Waals surface area contributed by atoms with Gasteiger partial charge in [0.15, 0.2) is 11.4 Å². The molecule has 4 aromatic rings. The highest BCUT2D eigenvalue weighted by atomic mass is 16.6. The quantitative estimate of drug-likeness (QED) is 0.431. The van der Waals surface area contributed by atoms with Crippen LogP contribution in [0.4, 0.5) is 5.82 Å². The van der Waals surface area contributed by atoms with E-state index < -0.39 is 0 Å². The Kier molecular flexibility index (Phi) is 3.85. The summed E-state index contributed by atoms with van der Waals surface area (Å²) in [6.07, 6.45) is 6.93. The van der Waals surface area contributed by atoms with E-state index in [-0.39, 0.29) is 0 Å². The first-order valence-corrected chi connectivity index (χ1v) is 7.71. The molecule has 8 heteroatoms. The van der Waals surface area contributed by atoms with Crippen LogP contribution in [0.2, 0.25) is 0 Å². The molecule has 0 saturated heterocycles. The molecule has 0 saturated carbocycles. The summed E-state index contributed by atoms with van der Waals surface area (Å²) >= 11 is 0. The van der Waals surface area contributed by atoms with E-state index in [1.165, 1.54) is 0 Å². The van der Waals surface area contributed by atoms with E-state index in [1.54, 1.807) is 28.8 Å². The summed E-state index contributed by atoms with van der Waals surface area (Å²) in [5.41, 5.74) is 2.83. The van der Waals surface area contributed by atoms with Gasteiger partial charge < -0.3 is 9.73 Å². The van der Waals surface area contributed by atoms with Gasteiger partial charge in [-0.05, 0) is 23.7 Å². The van der Waals surface area contributed by atoms with Crippen LogP contribution in [0.3, 0.4) is 0 Å². The zero-order valence-electron chi connectivity index (χ0n) is 13.6. The molecule has 2 radical (unpaired) electrons. The van der Waals surface area contributed by atoms with Crippen LogP contribution < -0.4 is 20.3 Å². The molecular formula is C17H15BN5O2+. The van der Waals surface area contributed by atoms with Crippen molar-refractivity contribution in [3.8, 4) is 11.5 Å². The molecule has 0 aliphatic carbocycles. The second kappa shape index (κ2) is 6.31. The molecule has 0 fully saturated rings. The molecule has 0 spiro atoms. The van der Waals surface area contributed by atoms with Crippen LogP contribution in [-0.4, -0.2) is 29.6 Å². The maximum atomic E-state index is 5.99. The molecule has 1 N–H and O–H groups in total. The maximum absolute atomic E-state index is 5.99. The van der Waals surface area contributed by atoms with Crippen LogP contribution in [0.5, 0.6) is 0 Å². The molecule has 7 nitrogen and oxygen atoms in total. The number of anilines is 1. The number of rotatable bonds is 5. The third kappa shape index (κ3) is 2.94. The third-order valence-corrected chi connectivity index (χ3v) is 3.79. The fraction of sp³-hybridized carbons (Fsp3) is 0.118. The largest absolute Gasteiger partial charge is 0.463 e. The predicted octanol–water partition coefficient (Wildman–Crippen LogP) is 0.741. The number of pyridine rings is 1. The highest BCUT2D eigenvalue weighted by molar-refractivity contribution is 6.36. The molecule has 25 heavy (non-hydrogen) atoms. The summed E-state index contributed by atoms with van der Waals surface area (Å²) in [6, 6.07) is 9.48. The average Bonchev–Trinajstić information content (AvgIpc) is 3.30. The van der Waals surface area contributed by atoms with Crippen molar-refractivity contribution in [2.75, 3.05) is 12.4 Å². The Balaban J connectivity index is 1.70. The number of fused-ring (bicyclic) bond motifs is 1. The first kappa shape index (κ1) is 15.3. The summed E-state index contributed by atoms with van der Waals surface area (Å²) in [7, 11) is 7.61. The second-order valence-corrected chi connectivity index (χ2v) is 5.45. The molecule has 0 aromatic carbocycles. The molecule has 0 bridgehead atoms. The van der Waals surface area contributed by atoms with Crippen LogP contribution in [0.15, 0.2) is 59.6 Å². The lowest BCUT2D eigenvalue weighted by Gasteiger charge is -2.09. The minimum Gasteiger partial charge on any atom is -0.463 e.